The van der Waals surface area contributed by atoms with Crippen molar-refractivity contribution in [2.24, 2.45) is 5.73 Å². The van der Waals surface area contributed by atoms with Crippen molar-refractivity contribution < 1.29 is 4.39 Å². The summed E-state index contributed by atoms with van der Waals surface area (Å²) in [6.07, 6.45) is 0. The van der Waals surface area contributed by atoms with E-state index in [1.54, 1.807) is 13.0 Å². The maximum absolute atomic E-state index is 13.6. The van der Waals surface area contributed by atoms with Crippen LogP contribution >= 0.6 is 31.9 Å². The molecule has 0 radical (unpaired) electrons. The van der Waals surface area contributed by atoms with Gasteiger partial charge in [0.1, 0.15) is 5.82 Å². The third-order valence-electron chi connectivity index (χ3n) is 2.85. The lowest BCUT2D eigenvalue weighted by Gasteiger charge is -2.15. The van der Waals surface area contributed by atoms with Crippen molar-refractivity contribution in [2.75, 3.05) is 0 Å². The molecule has 0 fully saturated rings. The minimum absolute atomic E-state index is 0.228. The Bertz CT molecular complexity index is 584. The number of rotatable bonds is 2. The standard InChI is InChI=1S/C14H12Br2FN/c1-8-2-3-9(6-13(8)17)14(18)11-7-10(15)4-5-12(11)16/h2-7,14H,18H2,1H3. The fraction of sp³-hybridized carbons (Fsp3) is 0.143. The zero-order valence-electron chi connectivity index (χ0n) is 9.75. The van der Waals surface area contributed by atoms with Crippen LogP contribution in [0.5, 0.6) is 0 Å². The first kappa shape index (κ1) is 13.7. The van der Waals surface area contributed by atoms with E-state index in [-0.39, 0.29) is 11.9 Å². The summed E-state index contributed by atoms with van der Waals surface area (Å²) in [6, 6.07) is 10.5. The highest BCUT2D eigenvalue weighted by Crippen LogP contribution is 2.30. The molecule has 0 aliphatic rings. The minimum Gasteiger partial charge on any atom is -0.320 e. The molecular weight excluding hydrogens is 361 g/mol. The Balaban J connectivity index is 2.44. The van der Waals surface area contributed by atoms with E-state index in [2.05, 4.69) is 31.9 Å². The number of hydrogen-bond acceptors (Lipinski definition) is 1. The Morgan fingerprint density at radius 1 is 1.11 bits per heavy atom. The first-order chi connectivity index (χ1) is 8.49. The minimum atomic E-state index is -0.355. The Morgan fingerprint density at radius 2 is 1.83 bits per heavy atom. The van der Waals surface area contributed by atoms with Crippen LogP contribution in [-0.2, 0) is 0 Å². The van der Waals surface area contributed by atoms with Crippen LogP contribution < -0.4 is 5.73 Å². The summed E-state index contributed by atoms with van der Waals surface area (Å²) in [4.78, 5) is 0. The van der Waals surface area contributed by atoms with E-state index >= 15 is 0 Å². The van der Waals surface area contributed by atoms with Crippen LogP contribution in [0.1, 0.15) is 22.7 Å². The monoisotopic (exact) mass is 371 g/mol. The van der Waals surface area contributed by atoms with Crippen LogP contribution in [0.3, 0.4) is 0 Å². The maximum Gasteiger partial charge on any atom is 0.126 e. The van der Waals surface area contributed by atoms with Crippen molar-refractivity contribution in [3.63, 3.8) is 0 Å². The molecule has 2 aromatic carbocycles. The van der Waals surface area contributed by atoms with E-state index in [0.29, 0.717) is 5.56 Å². The molecule has 2 rings (SSSR count). The van der Waals surface area contributed by atoms with Gasteiger partial charge in [-0.2, -0.15) is 0 Å². The fourth-order valence-corrected chi connectivity index (χ4v) is 2.61. The largest absolute Gasteiger partial charge is 0.320 e. The second-order valence-electron chi connectivity index (χ2n) is 4.15. The molecule has 18 heavy (non-hydrogen) atoms. The maximum atomic E-state index is 13.6. The van der Waals surface area contributed by atoms with Crippen molar-refractivity contribution in [1.82, 2.24) is 0 Å². The van der Waals surface area contributed by atoms with Gasteiger partial charge in [-0.3, -0.25) is 0 Å². The predicted molar refractivity (Wildman–Crippen MR) is 79.0 cm³/mol. The molecule has 0 aromatic heterocycles. The quantitative estimate of drug-likeness (QED) is 0.811. The van der Waals surface area contributed by atoms with Crippen molar-refractivity contribution in [3.05, 3.63) is 67.9 Å². The Hall–Kier alpha value is -0.710. The van der Waals surface area contributed by atoms with Crippen molar-refractivity contribution in [1.29, 1.82) is 0 Å². The van der Waals surface area contributed by atoms with E-state index < -0.39 is 0 Å². The van der Waals surface area contributed by atoms with Gasteiger partial charge in [-0.15, -0.1) is 0 Å². The topological polar surface area (TPSA) is 26.0 Å². The van der Waals surface area contributed by atoms with Crippen LogP contribution in [0, 0.1) is 12.7 Å². The third-order valence-corrected chi connectivity index (χ3v) is 4.06. The molecule has 0 aliphatic carbocycles. The van der Waals surface area contributed by atoms with Gasteiger partial charge in [0.15, 0.2) is 0 Å². The van der Waals surface area contributed by atoms with Crippen molar-refractivity contribution in [2.45, 2.75) is 13.0 Å². The first-order valence-corrected chi connectivity index (χ1v) is 7.04. The van der Waals surface area contributed by atoms with Gasteiger partial charge in [-0.05, 0) is 47.9 Å². The Kier molecular flexibility index (Phi) is 4.20. The van der Waals surface area contributed by atoms with Crippen molar-refractivity contribution in [3.8, 4) is 0 Å². The van der Waals surface area contributed by atoms with E-state index in [1.807, 2.05) is 24.3 Å². The van der Waals surface area contributed by atoms with Gasteiger partial charge in [0.25, 0.3) is 0 Å². The summed E-state index contributed by atoms with van der Waals surface area (Å²) >= 11 is 6.88. The SMILES string of the molecule is Cc1ccc(C(N)c2cc(Br)ccc2Br)cc1F. The molecule has 2 aromatic rings. The van der Waals surface area contributed by atoms with Crippen LogP contribution in [0.15, 0.2) is 45.3 Å². The molecule has 1 atom stereocenters. The molecule has 0 spiro atoms. The van der Waals surface area contributed by atoms with E-state index in [0.717, 1.165) is 20.1 Å². The van der Waals surface area contributed by atoms with Crippen LogP contribution in [0.4, 0.5) is 4.39 Å². The summed E-state index contributed by atoms with van der Waals surface area (Å²) in [6.45, 7) is 1.74. The zero-order valence-corrected chi connectivity index (χ0v) is 12.9. The van der Waals surface area contributed by atoms with E-state index in [9.17, 15) is 4.39 Å². The average Bonchev–Trinajstić information content (AvgIpc) is 2.35. The third kappa shape index (κ3) is 2.82. The highest BCUT2D eigenvalue weighted by Gasteiger charge is 2.14. The summed E-state index contributed by atoms with van der Waals surface area (Å²) in [5, 5.41) is 0. The van der Waals surface area contributed by atoms with Gasteiger partial charge in [0, 0.05) is 8.95 Å². The number of hydrogen-bond donors (Lipinski definition) is 1. The summed E-state index contributed by atoms with van der Waals surface area (Å²) in [5.41, 5.74) is 8.50. The smallest absolute Gasteiger partial charge is 0.126 e. The second kappa shape index (κ2) is 5.51. The highest BCUT2D eigenvalue weighted by atomic mass is 79.9. The Labute approximate surface area is 122 Å². The molecule has 0 heterocycles. The van der Waals surface area contributed by atoms with Gasteiger partial charge in [0.2, 0.25) is 0 Å². The first-order valence-electron chi connectivity index (χ1n) is 5.45. The molecule has 0 bridgehead atoms. The summed E-state index contributed by atoms with van der Waals surface area (Å²) in [5.74, 6) is -0.228. The van der Waals surface area contributed by atoms with Gasteiger partial charge < -0.3 is 5.73 Å². The summed E-state index contributed by atoms with van der Waals surface area (Å²) < 4.78 is 15.4. The van der Waals surface area contributed by atoms with Crippen LogP contribution in [0.25, 0.3) is 0 Å². The van der Waals surface area contributed by atoms with Crippen LogP contribution in [-0.4, -0.2) is 0 Å². The van der Waals surface area contributed by atoms with Gasteiger partial charge >= 0.3 is 0 Å². The average molecular weight is 373 g/mol. The van der Waals surface area contributed by atoms with E-state index in [4.69, 9.17) is 5.73 Å². The lowest BCUT2D eigenvalue weighted by atomic mass is 9.98. The fourth-order valence-electron chi connectivity index (χ4n) is 1.74. The molecule has 94 valence electrons. The molecule has 0 amide bonds. The van der Waals surface area contributed by atoms with E-state index in [1.165, 1.54) is 6.07 Å². The lowest BCUT2D eigenvalue weighted by molar-refractivity contribution is 0.614. The lowest BCUT2D eigenvalue weighted by Crippen LogP contribution is -2.13. The molecule has 0 saturated carbocycles. The van der Waals surface area contributed by atoms with Crippen molar-refractivity contribution >= 4 is 31.9 Å². The molecule has 0 aliphatic heterocycles. The zero-order chi connectivity index (χ0) is 13.3. The molecule has 1 nitrogen and oxygen atoms in total. The number of nitrogens with two attached hydrogens (primary N) is 1. The summed E-state index contributed by atoms with van der Waals surface area (Å²) in [7, 11) is 0. The van der Waals surface area contributed by atoms with Gasteiger partial charge in [-0.25, -0.2) is 4.39 Å². The van der Waals surface area contributed by atoms with Gasteiger partial charge in [0.05, 0.1) is 6.04 Å². The number of aryl methyl sites for hydroxylation is 1. The molecular formula is C14H12Br2FN. The molecule has 2 N–H and O–H groups in total. The second-order valence-corrected chi connectivity index (χ2v) is 5.92. The predicted octanol–water partition coefficient (Wildman–Crippen LogP) is 4.71. The normalized spacial score (nSPS) is 12.5. The number of benzene rings is 2. The number of halogens is 3. The van der Waals surface area contributed by atoms with Gasteiger partial charge in [-0.1, -0.05) is 44.0 Å². The molecule has 4 heteroatoms. The Morgan fingerprint density at radius 3 is 2.50 bits per heavy atom. The van der Waals surface area contributed by atoms with Crippen LogP contribution in [0.2, 0.25) is 0 Å². The molecule has 1 unspecified atom stereocenters. The highest BCUT2D eigenvalue weighted by molar-refractivity contribution is 9.11. The molecule has 0 saturated heterocycles.